The van der Waals surface area contributed by atoms with E-state index < -0.39 is 11.9 Å². The molecule has 0 bridgehead atoms. The molecule has 0 radical (unpaired) electrons. The highest BCUT2D eigenvalue weighted by Gasteiger charge is 2.39. The number of rotatable bonds is 5. The van der Waals surface area contributed by atoms with Gasteiger partial charge in [0.1, 0.15) is 0 Å². The number of aromatic nitrogens is 2. The van der Waals surface area contributed by atoms with E-state index in [0.29, 0.717) is 17.4 Å². The first-order chi connectivity index (χ1) is 13.1. The average molecular weight is 390 g/mol. The number of carbonyl (C=O) groups excluding carboxylic acids is 2. The van der Waals surface area contributed by atoms with Crippen LogP contribution < -0.4 is 0 Å². The van der Waals surface area contributed by atoms with Gasteiger partial charge in [-0.2, -0.15) is 4.98 Å². The largest absolute Gasteiger partial charge is 0.455 e. The van der Waals surface area contributed by atoms with Crippen LogP contribution in [-0.2, 0) is 20.9 Å². The summed E-state index contributed by atoms with van der Waals surface area (Å²) in [7, 11) is 0. The highest BCUT2D eigenvalue weighted by molar-refractivity contribution is 6.30. The zero-order valence-electron chi connectivity index (χ0n) is 14.8. The quantitative estimate of drug-likeness (QED) is 0.730. The molecule has 1 amide bonds. The van der Waals surface area contributed by atoms with E-state index in [1.165, 1.54) is 0 Å². The zero-order valence-corrected chi connectivity index (χ0v) is 15.5. The molecule has 1 aromatic carbocycles. The van der Waals surface area contributed by atoms with Gasteiger partial charge in [-0.05, 0) is 25.0 Å². The van der Waals surface area contributed by atoms with Crippen LogP contribution >= 0.6 is 11.6 Å². The molecule has 7 nitrogen and oxygen atoms in total. The molecule has 2 aromatic rings. The molecular weight excluding hydrogens is 370 g/mol. The van der Waals surface area contributed by atoms with Crippen LogP contribution in [0.3, 0.4) is 0 Å². The van der Waals surface area contributed by atoms with Crippen molar-refractivity contribution in [3.05, 3.63) is 35.2 Å². The van der Waals surface area contributed by atoms with E-state index in [4.69, 9.17) is 20.9 Å². The maximum Gasteiger partial charge on any atom is 0.311 e. The van der Waals surface area contributed by atoms with Gasteiger partial charge in [0, 0.05) is 29.6 Å². The van der Waals surface area contributed by atoms with Crippen molar-refractivity contribution in [2.75, 3.05) is 6.54 Å². The van der Waals surface area contributed by atoms with Crippen LogP contribution in [0.2, 0.25) is 5.02 Å². The Labute approximate surface area is 161 Å². The summed E-state index contributed by atoms with van der Waals surface area (Å²) in [5, 5.41) is 4.45. The second-order valence-corrected chi connectivity index (χ2v) is 7.45. The zero-order chi connectivity index (χ0) is 18.8. The predicted octanol–water partition coefficient (Wildman–Crippen LogP) is 3.22. The van der Waals surface area contributed by atoms with Crippen LogP contribution in [0.1, 0.15) is 38.0 Å². The van der Waals surface area contributed by atoms with Gasteiger partial charge in [0.2, 0.25) is 11.7 Å². The molecule has 1 aliphatic carbocycles. The Balaban J connectivity index is 1.33. The van der Waals surface area contributed by atoms with Gasteiger partial charge >= 0.3 is 5.97 Å². The summed E-state index contributed by atoms with van der Waals surface area (Å²) in [6.07, 6.45) is 4.57. The van der Waals surface area contributed by atoms with Crippen molar-refractivity contribution >= 4 is 23.5 Å². The molecular formula is C19H20ClN3O4. The molecule has 0 N–H and O–H groups in total. The van der Waals surface area contributed by atoms with Gasteiger partial charge in [0.05, 0.1) is 5.92 Å². The van der Waals surface area contributed by atoms with Crippen LogP contribution in [0.25, 0.3) is 11.4 Å². The predicted molar refractivity (Wildman–Crippen MR) is 96.6 cm³/mol. The number of carbonyl (C=O) groups is 2. The standard InChI is InChI=1S/C19H20ClN3O4/c20-14-5-3-4-12(8-14)18-21-16(27-22-18)11-26-19(25)13-9-17(24)23(10-13)15-6-1-2-7-15/h3-5,8,13,15H,1-2,6-7,9-11H2/t13-/m1/s1. The summed E-state index contributed by atoms with van der Waals surface area (Å²) in [5.74, 6) is -0.188. The number of halogens is 1. The summed E-state index contributed by atoms with van der Waals surface area (Å²) < 4.78 is 10.4. The molecule has 0 unspecified atom stereocenters. The minimum atomic E-state index is -0.423. The van der Waals surface area contributed by atoms with E-state index in [2.05, 4.69) is 10.1 Å². The van der Waals surface area contributed by atoms with E-state index in [9.17, 15) is 9.59 Å². The first kappa shape index (κ1) is 18.0. The highest BCUT2D eigenvalue weighted by Crippen LogP contribution is 2.30. The Morgan fingerprint density at radius 3 is 2.93 bits per heavy atom. The molecule has 142 valence electrons. The van der Waals surface area contributed by atoms with Crippen LogP contribution in [-0.4, -0.2) is 39.5 Å². The summed E-state index contributed by atoms with van der Waals surface area (Å²) in [5.41, 5.74) is 0.720. The van der Waals surface area contributed by atoms with Gasteiger partial charge < -0.3 is 14.2 Å². The molecule has 0 spiro atoms. The van der Waals surface area contributed by atoms with E-state index >= 15 is 0 Å². The fourth-order valence-electron chi connectivity index (χ4n) is 3.77. The summed E-state index contributed by atoms with van der Waals surface area (Å²) in [6, 6.07) is 7.37. The molecule has 1 atom stereocenters. The average Bonchev–Trinajstić information content (AvgIpc) is 3.40. The number of hydrogen-bond acceptors (Lipinski definition) is 6. The smallest absolute Gasteiger partial charge is 0.311 e. The summed E-state index contributed by atoms with van der Waals surface area (Å²) in [6.45, 7) is 0.334. The third-order valence-electron chi connectivity index (χ3n) is 5.15. The number of ether oxygens (including phenoxy) is 1. The summed E-state index contributed by atoms with van der Waals surface area (Å²) >= 11 is 5.96. The lowest BCUT2D eigenvalue weighted by Gasteiger charge is -2.23. The van der Waals surface area contributed by atoms with Crippen LogP contribution in [0.15, 0.2) is 28.8 Å². The van der Waals surface area contributed by atoms with Crippen molar-refractivity contribution in [1.29, 1.82) is 0 Å². The molecule has 2 aliphatic rings. The molecule has 1 aromatic heterocycles. The third kappa shape index (κ3) is 3.98. The number of amides is 1. The highest BCUT2D eigenvalue weighted by atomic mass is 35.5. The molecule has 2 fully saturated rings. The third-order valence-corrected chi connectivity index (χ3v) is 5.38. The first-order valence-corrected chi connectivity index (χ1v) is 9.52. The van der Waals surface area contributed by atoms with Crippen molar-refractivity contribution in [1.82, 2.24) is 15.0 Å². The lowest BCUT2D eigenvalue weighted by atomic mass is 10.1. The Morgan fingerprint density at radius 2 is 2.15 bits per heavy atom. The van der Waals surface area contributed by atoms with Crippen molar-refractivity contribution in [2.45, 2.75) is 44.8 Å². The summed E-state index contributed by atoms with van der Waals surface area (Å²) in [4.78, 5) is 30.6. The van der Waals surface area contributed by atoms with Crippen molar-refractivity contribution in [3.63, 3.8) is 0 Å². The SMILES string of the molecule is O=C(OCc1nc(-c2cccc(Cl)c2)no1)[C@@H]1CC(=O)N(C2CCCC2)C1. The number of esters is 1. The Bertz CT molecular complexity index is 847. The minimum Gasteiger partial charge on any atom is -0.455 e. The van der Waals surface area contributed by atoms with Gasteiger partial charge in [-0.3, -0.25) is 9.59 Å². The van der Waals surface area contributed by atoms with Crippen molar-refractivity contribution in [2.24, 2.45) is 5.92 Å². The van der Waals surface area contributed by atoms with Gasteiger partial charge in [-0.25, -0.2) is 0 Å². The normalized spacial score (nSPS) is 20.4. The molecule has 1 saturated carbocycles. The van der Waals surface area contributed by atoms with E-state index in [0.717, 1.165) is 31.2 Å². The van der Waals surface area contributed by atoms with Gasteiger partial charge in [0.15, 0.2) is 6.61 Å². The number of hydrogen-bond donors (Lipinski definition) is 0. The number of nitrogens with zero attached hydrogens (tertiary/aromatic N) is 3. The number of benzene rings is 1. The fourth-order valence-corrected chi connectivity index (χ4v) is 3.96. The van der Waals surface area contributed by atoms with Gasteiger partial charge in [0.25, 0.3) is 5.89 Å². The van der Waals surface area contributed by atoms with E-state index in [-0.39, 0.29) is 30.9 Å². The lowest BCUT2D eigenvalue weighted by molar-refractivity contribution is -0.150. The van der Waals surface area contributed by atoms with Gasteiger partial charge in [-0.15, -0.1) is 0 Å². The fraction of sp³-hybridized carbons (Fsp3) is 0.474. The van der Waals surface area contributed by atoms with Crippen molar-refractivity contribution in [3.8, 4) is 11.4 Å². The van der Waals surface area contributed by atoms with Crippen LogP contribution in [0.4, 0.5) is 0 Å². The van der Waals surface area contributed by atoms with E-state index in [1.807, 2.05) is 11.0 Å². The van der Waals surface area contributed by atoms with Crippen LogP contribution in [0.5, 0.6) is 0 Å². The Kier molecular flexibility index (Phi) is 5.11. The first-order valence-electron chi connectivity index (χ1n) is 9.15. The molecule has 8 heteroatoms. The molecule has 1 aliphatic heterocycles. The van der Waals surface area contributed by atoms with Crippen molar-refractivity contribution < 1.29 is 18.8 Å². The van der Waals surface area contributed by atoms with E-state index in [1.54, 1.807) is 18.2 Å². The Hall–Kier alpha value is -2.41. The van der Waals surface area contributed by atoms with Gasteiger partial charge in [-0.1, -0.05) is 41.7 Å². The second-order valence-electron chi connectivity index (χ2n) is 7.02. The monoisotopic (exact) mass is 389 g/mol. The Morgan fingerprint density at radius 1 is 1.33 bits per heavy atom. The maximum absolute atomic E-state index is 12.3. The maximum atomic E-state index is 12.3. The minimum absolute atomic E-state index is 0.0462. The number of likely N-dealkylation sites (tertiary alicyclic amines) is 1. The second kappa shape index (κ2) is 7.68. The molecule has 2 heterocycles. The topological polar surface area (TPSA) is 85.5 Å². The molecule has 4 rings (SSSR count). The van der Waals surface area contributed by atoms with Crippen LogP contribution in [0, 0.1) is 5.92 Å². The molecule has 1 saturated heterocycles. The lowest BCUT2D eigenvalue weighted by Crippen LogP contribution is -2.35. The molecule has 27 heavy (non-hydrogen) atoms.